The quantitative estimate of drug-likeness (QED) is 0.0863. The van der Waals surface area contributed by atoms with Gasteiger partial charge in [0.25, 0.3) is 0 Å². The lowest BCUT2D eigenvalue weighted by Crippen LogP contribution is -2.54. The molecule has 42 heavy (non-hydrogen) atoms. The van der Waals surface area contributed by atoms with Crippen molar-refractivity contribution in [2.75, 3.05) is 0 Å². The zero-order valence-electron chi connectivity index (χ0n) is 25.7. The topological polar surface area (TPSA) is 50.8 Å². The molecule has 9 atom stereocenters. The Morgan fingerprint density at radius 3 is 2.17 bits per heavy atom. The molecule has 1 aromatic carbocycles. The van der Waals surface area contributed by atoms with E-state index in [1.165, 1.54) is 51.4 Å². The number of rotatable bonds is 10. The van der Waals surface area contributed by atoms with Gasteiger partial charge in [-0.2, -0.15) is 13.1 Å². The van der Waals surface area contributed by atoms with E-state index in [1.54, 1.807) is 0 Å². The molecular formula is C33H47F4O4S-. The van der Waals surface area contributed by atoms with Gasteiger partial charge in [-0.3, -0.25) is 5.04 Å². The highest BCUT2D eigenvalue weighted by atomic mass is 32.2. The van der Waals surface area contributed by atoms with Crippen molar-refractivity contribution in [3.05, 3.63) is 23.3 Å². The number of ether oxygens (including phenoxy) is 1. The van der Waals surface area contributed by atoms with Gasteiger partial charge < -0.3 is 9.99 Å². The molecule has 0 aliphatic heterocycles. The predicted octanol–water partition coefficient (Wildman–Crippen LogP) is 9.34. The van der Waals surface area contributed by atoms with Crippen LogP contribution in [0.2, 0.25) is 0 Å². The maximum Gasteiger partial charge on any atom is 0.205 e. The highest BCUT2D eigenvalue weighted by Gasteiger charge is 2.60. The van der Waals surface area contributed by atoms with E-state index in [4.69, 9.17) is 4.74 Å². The fourth-order valence-corrected chi connectivity index (χ4v) is 10.8. The standard InChI is InChI=1S/C33H48F4O4S/c1-18(2)7-6-8-19(3)23-11-12-24-22-10-9-20-17-21(13-15-32(20,4)25(22)14-16-33(23,24)5)39-30-26(34)28(36)31(42-41-40-38)29(37)27(30)35/h18-25,38H,6-17H2,1-5H3/p-1/t19?,20?,21-,22?,23?,24?,25?,32-,33+/m0/s1. The molecular weight excluding hydrogens is 568 g/mol. The van der Waals surface area contributed by atoms with Crippen LogP contribution in [0.1, 0.15) is 112 Å². The lowest BCUT2D eigenvalue weighted by molar-refractivity contribution is -0.777. The molecule has 6 unspecified atom stereocenters. The van der Waals surface area contributed by atoms with Crippen LogP contribution in [0.3, 0.4) is 0 Å². The minimum absolute atomic E-state index is 0.134. The van der Waals surface area contributed by atoms with E-state index >= 15 is 0 Å². The van der Waals surface area contributed by atoms with Crippen LogP contribution < -0.4 is 9.99 Å². The molecule has 0 N–H and O–H groups in total. The average molecular weight is 616 g/mol. The van der Waals surface area contributed by atoms with Crippen molar-refractivity contribution in [2.45, 2.75) is 123 Å². The number of hydrogen-bond donors (Lipinski definition) is 0. The summed E-state index contributed by atoms with van der Waals surface area (Å²) < 4.78 is 68.1. The van der Waals surface area contributed by atoms with Crippen molar-refractivity contribution in [3.8, 4) is 5.75 Å². The number of fused-ring (bicyclic) bond motifs is 5. The van der Waals surface area contributed by atoms with Gasteiger partial charge in [-0.05, 0) is 110 Å². The van der Waals surface area contributed by atoms with Crippen LogP contribution >= 0.6 is 12.0 Å². The smallest absolute Gasteiger partial charge is 0.205 e. The molecule has 0 bridgehead atoms. The van der Waals surface area contributed by atoms with Crippen LogP contribution in [0.25, 0.3) is 0 Å². The zero-order valence-corrected chi connectivity index (χ0v) is 26.5. The van der Waals surface area contributed by atoms with Crippen LogP contribution in [-0.4, -0.2) is 6.10 Å². The molecule has 0 amide bonds. The van der Waals surface area contributed by atoms with Crippen molar-refractivity contribution >= 4 is 12.0 Å². The monoisotopic (exact) mass is 615 g/mol. The Balaban J connectivity index is 1.26. The van der Waals surface area contributed by atoms with Gasteiger partial charge in [0, 0.05) is 0 Å². The summed E-state index contributed by atoms with van der Waals surface area (Å²) >= 11 is -0.227. The molecule has 0 spiro atoms. The summed E-state index contributed by atoms with van der Waals surface area (Å²) in [4.78, 5) is -1.13. The molecule has 0 aromatic heterocycles. The van der Waals surface area contributed by atoms with Crippen LogP contribution in [0.15, 0.2) is 4.90 Å². The molecule has 0 radical (unpaired) electrons. The summed E-state index contributed by atoms with van der Waals surface area (Å²) in [6.45, 7) is 12.1. The molecule has 4 saturated carbocycles. The van der Waals surface area contributed by atoms with Gasteiger partial charge in [0.1, 0.15) is 4.90 Å². The summed E-state index contributed by atoms with van der Waals surface area (Å²) in [5, 5.41) is 13.1. The van der Waals surface area contributed by atoms with Crippen molar-refractivity contribution in [3.63, 3.8) is 0 Å². The zero-order chi connectivity index (χ0) is 30.4. The highest BCUT2D eigenvalue weighted by Crippen LogP contribution is 2.68. The Labute approximate surface area is 252 Å². The van der Waals surface area contributed by atoms with Crippen LogP contribution in [0.5, 0.6) is 5.75 Å². The summed E-state index contributed by atoms with van der Waals surface area (Å²) in [5.74, 6) is -2.88. The van der Waals surface area contributed by atoms with Gasteiger partial charge in [-0.1, -0.05) is 53.9 Å². The van der Waals surface area contributed by atoms with E-state index in [-0.39, 0.29) is 17.5 Å². The Kier molecular flexibility index (Phi) is 9.83. The first-order valence-electron chi connectivity index (χ1n) is 16.1. The van der Waals surface area contributed by atoms with Gasteiger partial charge >= 0.3 is 0 Å². The van der Waals surface area contributed by atoms with Gasteiger partial charge in [0.2, 0.25) is 11.6 Å². The first kappa shape index (κ1) is 32.4. The molecule has 238 valence electrons. The third-order valence-electron chi connectivity index (χ3n) is 12.4. The maximum atomic E-state index is 14.8. The molecule has 4 aliphatic rings. The first-order chi connectivity index (χ1) is 19.9. The van der Waals surface area contributed by atoms with Crippen molar-refractivity contribution in [2.24, 2.45) is 52.3 Å². The molecule has 0 heterocycles. The number of halogens is 4. The summed E-state index contributed by atoms with van der Waals surface area (Å²) in [5.41, 5.74) is 0.551. The largest absolute Gasteiger partial charge is 0.691 e. The van der Waals surface area contributed by atoms with E-state index in [2.05, 4.69) is 44.0 Å². The minimum Gasteiger partial charge on any atom is -0.691 e. The van der Waals surface area contributed by atoms with Gasteiger partial charge in [-0.15, -0.1) is 0 Å². The lowest BCUT2D eigenvalue weighted by atomic mass is 9.44. The fourth-order valence-electron chi connectivity index (χ4n) is 10.3. The van der Waals surface area contributed by atoms with E-state index in [1.807, 2.05) is 0 Å². The van der Waals surface area contributed by atoms with E-state index < -0.39 is 40.0 Å². The summed E-state index contributed by atoms with van der Waals surface area (Å²) in [6, 6.07) is 0. The van der Waals surface area contributed by atoms with E-state index in [0.717, 1.165) is 42.4 Å². The molecule has 5 rings (SSSR count). The second-order valence-corrected chi connectivity index (χ2v) is 15.5. The van der Waals surface area contributed by atoms with Crippen LogP contribution in [0, 0.1) is 75.5 Å². The van der Waals surface area contributed by atoms with Gasteiger partial charge in [-0.25, -0.2) is 8.78 Å². The summed E-state index contributed by atoms with van der Waals surface area (Å²) in [7, 11) is 0. The van der Waals surface area contributed by atoms with Crippen molar-refractivity contribution in [1.82, 2.24) is 0 Å². The minimum atomic E-state index is -1.68. The number of hydrogen-bond acceptors (Lipinski definition) is 5. The van der Waals surface area contributed by atoms with Crippen molar-refractivity contribution < 1.29 is 36.9 Å². The second-order valence-electron chi connectivity index (χ2n) is 14.8. The summed E-state index contributed by atoms with van der Waals surface area (Å²) in [6.07, 6.45) is 12.9. The molecule has 1 aromatic rings. The Bertz CT molecular complexity index is 1090. The van der Waals surface area contributed by atoms with Crippen LogP contribution in [0.4, 0.5) is 17.6 Å². The Morgan fingerprint density at radius 1 is 0.833 bits per heavy atom. The number of benzene rings is 1. The second kappa shape index (κ2) is 12.8. The SMILES string of the molecule is CC(C)CCCC(C)C1CCC2C3CCC4C[C@@H](Oc5c(F)c(F)c(SOO[O-])c(F)c5F)CC[C@]4(C)C3CC[C@]12C. The third kappa shape index (κ3) is 5.74. The fraction of sp³-hybridized carbons (Fsp3) is 0.818. The maximum absolute atomic E-state index is 14.8. The molecule has 4 fully saturated rings. The van der Waals surface area contributed by atoms with Crippen LogP contribution in [-0.2, 0) is 9.37 Å². The molecule has 0 saturated heterocycles. The molecule has 4 aliphatic carbocycles. The van der Waals surface area contributed by atoms with Gasteiger partial charge in [0.05, 0.1) is 18.1 Å². The van der Waals surface area contributed by atoms with E-state index in [9.17, 15) is 22.8 Å². The molecule has 4 nitrogen and oxygen atoms in total. The van der Waals surface area contributed by atoms with Crippen molar-refractivity contribution in [1.29, 1.82) is 0 Å². The highest BCUT2D eigenvalue weighted by molar-refractivity contribution is 7.94. The molecule has 9 heteroatoms. The normalized spacial score (nSPS) is 36.8. The average Bonchev–Trinajstić information content (AvgIpc) is 3.31. The third-order valence-corrected chi connectivity index (χ3v) is 13.1. The lowest BCUT2D eigenvalue weighted by Gasteiger charge is -2.61. The van der Waals surface area contributed by atoms with Gasteiger partial charge in [0.15, 0.2) is 17.4 Å². The Hall–Kier alpha value is -1.03. The van der Waals surface area contributed by atoms with E-state index in [0.29, 0.717) is 30.1 Å². The first-order valence-corrected chi connectivity index (χ1v) is 16.8. The Morgan fingerprint density at radius 2 is 1.50 bits per heavy atom. The predicted molar refractivity (Wildman–Crippen MR) is 152 cm³/mol.